The highest BCUT2D eigenvalue weighted by Gasteiger charge is 2.28. The predicted octanol–water partition coefficient (Wildman–Crippen LogP) is 6.56. The van der Waals surface area contributed by atoms with E-state index in [-0.39, 0.29) is 18.6 Å². The van der Waals surface area contributed by atoms with Crippen molar-refractivity contribution >= 4 is 35.0 Å². The number of aliphatic carboxylic acids is 1. The van der Waals surface area contributed by atoms with Crippen LogP contribution in [0, 0.1) is 12.8 Å². The fraction of sp³-hybridized carbons (Fsp3) is 0.370. The van der Waals surface area contributed by atoms with Crippen molar-refractivity contribution in [2.75, 3.05) is 7.05 Å². The quantitative estimate of drug-likeness (QED) is 0.356. The maximum absolute atomic E-state index is 12.5. The standard InChI is InChI=1S/C27H29ClN2O5S/c1-17-23(35-21-10-6-9-19(13-21)26(31)32)12-11-22(29-17)25-20(14-24(28)36-25)16-34-27(33)30(2)15-18-7-4-3-5-8-18/h3-5,7-8,11-12,14,19,21H,6,9-10,13,15-16H2,1-2H3,(H,31,32)/t19-,21-/m0/s1. The number of rotatable bonds is 8. The predicted molar refractivity (Wildman–Crippen MR) is 139 cm³/mol. The number of thiophene rings is 1. The van der Waals surface area contributed by atoms with Gasteiger partial charge in [0, 0.05) is 19.2 Å². The summed E-state index contributed by atoms with van der Waals surface area (Å²) in [5.74, 6) is -0.475. The first-order valence-corrected chi connectivity index (χ1v) is 13.1. The average molecular weight is 529 g/mol. The molecule has 4 rings (SSSR count). The first-order valence-electron chi connectivity index (χ1n) is 11.9. The lowest BCUT2D eigenvalue weighted by Crippen LogP contribution is -2.29. The van der Waals surface area contributed by atoms with Gasteiger partial charge in [0.05, 0.1) is 32.6 Å². The molecule has 1 N–H and O–H groups in total. The van der Waals surface area contributed by atoms with Crippen LogP contribution in [0.25, 0.3) is 10.6 Å². The van der Waals surface area contributed by atoms with Crippen LogP contribution in [0.3, 0.4) is 0 Å². The van der Waals surface area contributed by atoms with Crippen molar-refractivity contribution in [1.29, 1.82) is 0 Å². The van der Waals surface area contributed by atoms with Crippen LogP contribution in [-0.4, -0.2) is 40.2 Å². The van der Waals surface area contributed by atoms with Crippen LogP contribution in [0.5, 0.6) is 5.75 Å². The molecule has 1 aromatic carbocycles. The van der Waals surface area contributed by atoms with Crippen molar-refractivity contribution in [1.82, 2.24) is 9.88 Å². The second kappa shape index (κ2) is 11.8. The van der Waals surface area contributed by atoms with E-state index < -0.39 is 12.1 Å². The third-order valence-electron chi connectivity index (χ3n) is 6.24. The SMILES string of the molecule is Cc1nc(-c2sc(Cl)cc2COC(=O)N(C)Cc2ccccc2)ccc1O[C@H]1CCC[C@H](C(=O)O)C1. The number of carboxylic acid groups (broad SMARTS) is 1. The number of carbonyl (C=O) groups excluding carboxylic acids is 1. The zero-order valence-electron chi connectivity index (χ0n) is 20.3. The van der Waals surface area contributed by atoms with E-state index in [1.54, 1.807) is 13.1 Å². The van der Waals surface area contributed by atoms with Crippen molar-refractivity contribution in [3.8, 4) is 16.3 Å². The highest BCUT2D eigenvalue weighted by atomic mass is 35.5. The van der Waals surface area contributed by atoms with Crippen LogP contribution >= 0.6 is 22.9 Å². The molecule has 1 aliphatic carbocycles. The zero-order chi connectivity index (χ0) is 25.7. The van der Waals surface area contributed by atoms with Gasteiger partial charge in [0.25, 0.3) is 0 Å². The minimum atomic E-state index is -0.762. The number of ether oxygens (including phenoxy) is 2. The van der Waals surface area contributed by atoms with Crippen LogP contribution in [0.2, 0.25) is 4.34 Å². The lowest BCUT2D eigenvalue weighted by molar-refractivity contribution is -0.143. The number of aryl methyl sites for hydroxylation is 1. The summed E-state index contributed by atoms with van der Waals surface area (Å²) in [5.41, 5.74) is 3.22. The molecule has 1 amide bonds. The molecular formula is C27H29ClN2O5S. The van der Waals surface area contributed by atoms with Crippen molar-refractivity contribution in [3.05, 3.63) is 69.7 Å². The Labute approximate surface area is 219 Å². The van der Waals surface area contributed by atoms with Crippen molar-refractivity contribution in [2.24, 2.45) is 5.92 Å². The first kappa shape index (κ1) is 26.0. The molecule has 2 heterocycles. The molecule has 190 valence electrons. The number of carbonyl (C=O) groups is 2. The highest BCUT2D eigenvalue weighted by Crippen LogP contribution is 2.37. The number of benzene rings is 1. The molecule has 0 bridgehead atoms. The molecule has 2 aromatic heterocycles. The molecule has 0 aliphatic heterocycles. The van der Waals surface area contributed by atoms with Gasteiger partial charge in [-0.1, -0.05) is 41.9 Å². The number of aromatic nitrogens is 1. The molecule has 1 fully saturated rings. The van der Waals surface area contributed by atoms with Crippen LogP contribution in [-0.2, 0) is 22.7 Å². The summed E-state index contributed by atoms with van der Waals surface area (Å²) in [7, 11) is 1.70. The minimum Gasteiger partial charge on any atom is -0.489 e. The summed E-state index contributed by atoms with van der Waals surface area (Å²) in [4.78, 5) is 31.0. The molecule has 36 heavy (non-hydrogen) atoms. The Balaban J connectivity index is 1.41. The molecule has 2 atom stereocenters. The fourth-order valence-corrected chi connectivity index (χ4v) is 5.57. The minimum absolute atomic E-state index is 0.0775. The van der Waals surface area contributed by atoms with E-state index >= 15 is 0 Å². The van der Waals surface area contributed by atoms with Crippen LogP contribution in [0.15, 0.2) is 48.5 Å². The second-order valence-corrected chi connectivity index (χ2v) is 10.7. The molecule has 1 aliphatic rings. The monoisotopic (exact) mass is 528 g/mol. The number of amides is 1. The van der Waals surface area contributed by atoms with Gasteiger partial charge in [-0.05, 0) is 56.4 Å². The van der Waals surface area contributed by atoms with E-state index in [0.29, 0.717) is 40.9 Å². The molecule has 0 unspecified atom stereocenters. The number of hydrogen-bond acceptors (Lipinski definition) is 6. The van der Waals surface area contributed by atoms with Gasteiger partial charge in [0.2, 0.25) is 0 Å². The van der Waals surface area contributed by atoms with Gasteiger partial charge in [-0.2, -0.15) is 0 Å². The van der Waals surface area contributed by atoms with Crippen LogP contribution < -0.4 is 4.74 Å². The number of nitrogens with zero attached hydrogens (tertiary/aromatic N) is 2. The Hall–Kier alpha value is -3.10. The summed E-state index contributed by atoms with van der Waals surface area (Å²) in [6.07, 6.45) is 2.31. The van der Waals surface area contributed by atoms with E-state index in [1.165, 1.54) is 16.2 Å². The van der Waals surface area contributed by atoms with E-state index in [0.717, 1.165) is 28.8 Å². The topological polar surface area (TPSA) is 89.0 Å². The highest BCUT2D eigenvalue weighted by molar-refractivity contribution is 7.19. The third kappa shape index (κ3) is 6.56. The molecule has 3 aromatic rings. The van der Waals surface area contributed by atoms with Gasteiger partial charge in [0.1, 0.15) is 12.4 Å². The van der Waals surface area contributed by atoms with Gasteiger partial charge in [0.15, 0.2) is 0 Å². The van der Waals surface area contributed by atoms with E-state index in [4.69, 9.17) is 26.1 Å². The molecule has 9 heteroatoms. The molecule has 0 radical (unpaired) electrons. The van der Waals surface area contributed by atoms with E-state index in [1.807, 2.05) is 49.4 Å². The summed E-state index contributed by atoms with van der Waals surface area (Å²) in [6.45, 7) is 2.39. The Morgan fingerprint density at radius 1 is 1.19 bits per heavy atom. The number of halogens is 1. The van der Waals surface area contributed by atoms with Crippen molar-refractivity contribution in [3.63, 3.8) is 0 Å². The van der Waals surface area contributed by atoms with Gasteiger partial charge >= 0.3 is 12.1 Å². The van der Waals surface area contributed by atoms with E-state index in [9.17, 15) is 14.7 Å². The molecule has 1 saturated carbocycles. The Kier molecular flexibility index (Phi) is 8.48. The number of carboxylic acids is 1. The largest absolute Gasteiger partial charge is 0.489 e. The van der Waals surface area contributed by atoms with Crippen molar-refractivity contribution < 1.29 is 24.2 Å². The number of pyridine rings is 1. The van der Waals surface area contributed by atoms with Gasteiger partial charge in [-0.15, -0.1) is 11.3 Å². The van der Waals surface area contributed by atoms with E-state index in [2.05, 4.69) is 0 Å². The van der Waals surface area contributed by atoms with Crippen LogP contribution in [0.1, 0.15) is 42.5 Å². The Morgan fingerprint density at radius 2 is 1.97 bits per heavy atom. The molecule has 0 spiro atoms. The maximum Gasteiger partial charge on any atom is 0.410 e. The summed E-state index contributed by atoms with van der Waals surface area (Å²) >= 11 is 7.68. The molecule has 7 nitrogen and oxygen atoms in total. The third-order valence-corrected chi connectivity index (χ3v) is 7.57. The molecule has 0 saturated heterocycles. The maximum atomic E-state index is 12.5. The lowest BCUT2D eigenvalue weighted by atomic mass is 9.87. The summed E-state index contributed by atoms with van der Waals surface area (Å²) in [5, 5.41) is 9.33. The van der Waals surface area contributed by atoms with Crippen molar-refractivity contribution in [2.45, 2.75) is 51.9 Å². The van der Waals surface area contributed by atoms with Gasteiger partial charge in [-0.25, -0.2) is 9.78 Å². The van der Waals surface area contributed by atoms with Gasteiger partial charge < -0.3 is 19.5 Å². The van der Waals surface area contributed by atoms with Crippen LogP contribution in [0.4, 0.5) is 4.79 Å². The average Bonchev–Trinajstić information content (AvgIpc) is 3.25. The Bertz CT molecular complexity index is 1220. The summed E-state index contributed by atoms with van der Waals surface area (Å²) < 4.78 is 12.3. The lowest BCUT2D eigenvalue weighted by Gasteiger charge is -2.27. The zero-order valence-corrected chi connectivity index (χ0v) is 21.8. The second-order valence-electron chi connectivity index (χ2n) is 9.02. The smallest absolute Gasteiger partial charge is 0.410 e. The fourth-order valence-electron chi connectivity index (χ4n) is 4.35. The Morgan fingerprint density at radius 3 is 2.69 bits per heavy atom. The normalized spacial score (nSPS) is 17.4. The first-order chi connectivity index (χ1) is 17.3. The number of hydrogen-bond donors (Lipinski definition) is 1. The van der Waals surface area contributed by atoms with Gasteiger partial charge in [-0.3, -0.25) is 4.79 Å². The molecular weight excluding hydrogens is 500 g/mol. The summed E-state index contributed by atoms with van der Waals surface area (Å²) in [6, 6.07) is 15.2.